The Morgan fingerprint density at radius 1 is 1.04 bits per heavy atom. The van der Waals surface area contributed by atoms with Crippen molar-refractivity contribution in [2.45, 2.75) is 19.8 Å². The zero-order valence-corrected chi connectivity index (χ0v) is 14.6. The molecule has 23 heavy (non-hydrogen) atoms. The Morgan fingerprint density at radius 3 is 2.61 bits per heavy atom. The van der Waals surface area contributed by atoms with E-state index in [-0.39, 0.29) is 5.91 Å². The van der Waals surface area contributed by atoms with E-state index in [1.165, 1.54) is 5.56 Å². The van der Waals surface area contributed by atoms with E-state index in [4.69, 9.17) is 0 Å². The van der Waals surface area contributed by atoms with Crippen LogP contribution in [0.3, 0.4) is 0 Å². The van der Waals surface area contributed by atoms with Crippen LogP contribution in [-0.4, -0.2) is 5.91 Å². The van der Waals surface area contributed by atoms with E-state index < -0.39 is 0 Å². The lowest BCUT2D eigenvalue weighted by Crippen LogP contribution is -2.15. The Morgan fingerprint density at radius 2 is 1.83 bits per heavy atom. The van der Waals surface area contributed by atoms with Gasteiger partial charge in [0.15, 0.2) is 0 Å². The number of halogens is 1. The van der Waals surface area contributed by atoms with E-state index in [0.717, 1.165) is 32.9 Å². The van der Waals surface area contributed by atoms with Gasteiger partial charge in [0, 0.05) is 4.47 Å². The molecule has 0 unspecified atom stereocenters. The monoisotopic (exact) mass is 367 g/mol. The summed E-state index contributed by atoms with van der Waals surface area (Å²) in [7, 11) is 0. The van der Waals surface area contributed by atoms with E-state index in [0.29, 0.717) is 6.42 Å². The first-order chi connectivity index (χ1) is 11.2. The molecule has 0 bridgehead atoms. The van der Waals surface area contributed by atoms with Crippen molar-refractivity contribution >= 4 is 38.3 Å². The van der Waals surface area contributed by atoms with Crippen molar-refractivity contribution in [2.24, 2.45) is 0 Å². The third-order valence-corrected chi connectivity index (χ3v) is 4.60. The van der Waals surface area contributed by atoms with Crippen LogP contribution in [0.5, 0.6) is 0 Å². The Kier molecular flexibility index (Phi) is 4.77. The molecule has 116 valence electrons. The van der Waals surface area contributed by atoms with Crippen molar-refractivity contribution in [1.82, 2.24) is 0 Å². The van der Waals surface area contributed by atoms with Gasteiger partial charge in [-0.2, -0.15) is 0 Å². The second-order valence-electron chi connectivity index (χ2n) is 5.53. The summed E-state index contributed by atoms with van der Waals surface area (Å²) in [6.45, 7) is 2.11. The van der Waals surface area contributed by atoms with Gasteiger partial charge in [0.05, 0.1) is 12.1 Å². The number of benzene rings is 3. The van der Waals surface area contributed by atoms with Crippen LogP contribution >= 0.6 is 15.9 Å². The summed E-state index contributed by atoms with van der Waals surface area (Å²) < 4.78 is 0.920. The van der Waals surface area contributed by atoms with Gasteiger partial charge in [0.1, 0.15) is 0 Å². The first-order valence-electron chi connectivity index (χ1n) is 7.72. The summed E-state index contributed by atoms with van der Waals surface area (Å²) in [6, 6.07) is 20.3. The van der Waals surface area contributed by atoms with Gasteiger partial charge in [0.25, 0.3) is 0 Å². The zero-order chi connectivity index (χ0) is 16.2. The van der Waals surface area contributed by atoms with Crippen LogP contribution in [0.2, 0.25) is 0 Å². The molecule has 0 atom stereocenters. The fourth-order valence-corrected chi connectivity index (χ4v) is 3.22. The maximum atomic E-state index is 12.4. The molecule has 0 saturated carbocycles. The summed E-state index contributed by atoms with van der Waals surface area (Å²) in [5.74, 6) is -0.00805. The number of anilines is 1. The number of carbonyl (C=O) groups excluding carboxylic acids is 1. The average Bonchev–Trinajstić information content (AvgIpc) is 2.57. The van der Waals surface area contributed by atoms with Gasteiger partial charge < -0.3 is 5.32 Å². The highest BCUT2D eigenvalue weighted by Gasteiger charge is 2.09. The molecule has 0 saturated heterocycles. The molecule has 0 aliphatic heterocycles. The van der Waals surface area contributed by atoms with Crippen LogP contribution < -0.4 is 5.32 Å². The Bertz CT molecular complexity index is 852. The Balaban J connectivity index is 1.79. The molecule has 3 aromatic carbocycles. The second-order valence-corrected chi connectivity index (χ2v) is 6.39. The molecule has 0 heterocycles. The van der Waals surface area contributed by atoms with Gasteiger partial charge in [-0.05, 0) is 56.4 Å². The summed E-state index contributed by atoms with van der Waals surface area (Å²) in [6.07, 6.45) is 1.34. The van der Waals surface area contributed by atoms with Gasteiger partial charge in [-0.3, -0.25) is 4.79 Å². The van der Waals surface area contributed by atoms with Crippen LogP contribution in [0, 0.1) is 0 Å². The van der Waals surface area contributed by atoms with Gasteiger partial charge in [0.2, 0.25) is 5.91 Å². The van der Waals surface area contributed by atoms with Crippen LogP contribution in [0.1, 0.15) is 18.1 Å². The molecule has 0 fully saturated rings. The standard InChI is InChI=1S/C20H18BrNO/c1-2-14-10-11-19(18(21)12-14)22-20(23)13-16-8-5-7-15-6-3-4-9-17(15)16/h3-12H,2,13H2,1H3,(H,22,23). The molecule has 1 amide bonds. The van der Waals surface area contributed by atoms with Crippen molar-refractivity contribution < 1.29 is 4.79 Å². The largest absolute Gasteiger partial charge is 0.325 e. The maximum absolute atomic E-state index is 12.4. The number of carbonyl (C=O) groups is 1. The molecule has 0 aliphatic rings. The van der Waals surface area contributed by atoms with Gasteiger partial charge in [-0.25, -0.2) is 0 Å². The zero-order valence-electron chi connectivity index (χ0n) is 13.0. The van der Waals surface area contributed by atoms with E-state index >= 15 is 0 Å². The fraction of sp³-hybridized carbons (Fsp3) is 0.150. The highest BCUT2D eigenvalue weighted by molar-refractivity contribution is 9.10. The number of hydrogen-bond donors (Lipinski definition) is 1. The third kappa shape index (κ3) is 3.62. The quantitative estimate of drug-likeness (QED) is 0.661. The van der Waals surface area contributed by atoms with Gasteiger partial charge in [-0.15, -0.1) is 0 Å². The summed E-state index contributed by atoms with van der Waals surface area (Å²) in [4.78, 5) is 12.4. The molecule has 0 radical (unpaired) electrons. The normalized spacial score (nSPS) is 10.7. The molecular formula is C20H18BrNO. The number of hydrogen-bond acceptors (Lipinski definition) is 1. The van der Waals surface area contributed by atoms with E-state index in [2.05, 4.69) is 46.4 Å². The number of rotatable bonds is 4. The summed E-state index contributed by atoms with van der Waals surface area (Å²) in [5, 5.41) is 5.28. The molecule has 2 nitrogen and oxygen atoms in total. The minimum Gasteiger partial charge on any atom is -0.325 e. The van der Waals surface area contributed by atoms with Crippen LogP contribution in [0.25, 0.3) is 10.8 Å². The number of fused-ring (bicyclic) bond motifs is 1. The molecule has 3 rings (SSSR count). The molecule has 1 N–H and O–H groups in total. The minimum atomic E-state index is -0.00805. The lowest BCUT2D eigenvalue weighted by atomic mass is 10.0. The smallest absolute Gasteiger partial charge is 0.228 e. The molecule has 3 heteroatoms. The van der Waals surface area contributed by atoms with Crippen molar-refractivity contribution in [3.8, 4) is 0 Å². The summed E-state index contributed by atoms with van der Waals surface area (Å²) >= 11 is 3.53. The van der Waals surface area contributed by atoms with Gasteiger partial charge in [-0.1, -0.05) is 55.5 Å². The highest BCUT2D eigenvalue weighted by atomic mass is 79.9. The molecule has 0 spiro atoms. The van der Waals surface area contributed by atoms with Crippen LogP contribution in [0.15, 0.2) is 65.1 Å². The molecule has 0 aromatic heterocycles. The first kappa shape index (κ1) is 15.8. The van der Waals surface area contributed by atoms with Crippen molar-refractivity contribution in [1.29, 1.82) is 0 Å². The van der Waals surface area contributed by atoms with Gasteiger partial charge >= 0.3 is 0 Å². The Labute approximate surface area is 144 Å². The molecule has 3 aromatic rings. The second kappa shape index (κ2) is 6.97. The fourth-order valence-electron chi connectivity index (χ4n) is 2.69. The maximum Gasteiger partial charge on any atom is 0.228 e. The predicted octanol–water partition coefficient (Wildman–Crippen LogP) is 5.35. The SMILES string of the molecule is CCc1ccc(NC(=O)Cc2cccc3ccccc23)c(Br)c1. The molecular weight excluding hydrogens is 350 g/mol. The molecule has 0 aliphatic carbocycles. The van der Waals surface area contributed by atoms with E-state index in [1.54, 1.807) is 0 Å². The first-order valence-corrected chi connectivity index (χ1v) is 8.51. The Hall–Kier alpha value is -2.13. The summed E-state index contributed by atoms with van der Waals surface area (Å²) in [5.41, 5.74) is 3.10. The van der Waals surface area contributed by atoms with E-state index in [9.17, 15) is 4.79 Å². The van der Waals surface area contributed by atoms with E-state index in [1.807, 2.05) is 42.5 Å². The predicted molar refractivity (Wildman–Crippen MR) is 99.8 cm³/mol. The number of aryl methyl sites for hydroxylation is 1. The minimum absolute atomic E-state index is 0.00805. The third-order valence-electron chi connectivity index (χ3n) is 3.95. The van der Waals surface area contributed by atoms with Crippen LogP contribution in [0.4, 0.5) is 5.69 Å². The topological polar surface area (TPSA) is 29.1 Å². The lowest BCUT2D eigenvalue weighted by molar-refractivity contribution is -0.115. The van der Waals surface area contributed by atoms with Crippen LogP contribution in [-0.2, 0) is 17.6 Å². The van der Waals surface area contributed by atoms with Crippen molar-refractivity contribution in [3.63, 3.8) is 0 Å². The lowest BCUT2D eigenvalue weighted by Gasteiger charge is -2.10. The van der Waals surface area contributed by atoms with Crippen molar-refractivity contribution in [3.05, 3.63) is 76.3 Å². The highest BCUT2D eigenvalue weighted by Crippen LogP contribution is 2.25. The van der Waals surface area contributed by atoms with Crippen molar-refractivity contribution in [2.75, 3.05) is 5.32 Å². The average molecular weight is 368 g/mol. The number of amides is 1. The number of nitrogens with one attached hydrogen (secondary N) is 1.